The fourth-order valence-electron chi connectivity index (χ4n) is 4.57. The second kappa shape index (κ2) is 9.47. The minimum atomic E-state index is -1.15. The van der Waals surface area contributed by atoms with Gasteiger partial charge in [0.05, 0.1) is 37.6 Å². The second-order valence-corrected chi connectivity index (χ2v) is 8.18. The highest BCUT2D eigenvalue weighted by molar-refractivity contribution is 6.18. The maximum Gasteiger partial charge on any atom is 0.412 e. The molecule has 0 saturated heterocycles. The molecule has 176 valence electrons. The number of rotatable bonds is 6. The van der Waals surface area contributed by atoms with Crippen molar-refractivity contribution < 1.29 is 24.2 Å². The molecule has 0 bridgehead atoms. The van der Waals surface area contributed by atoms with Gasteiger partial charge in [-0.3, -0.25) is 9.69 Å². The number of hydrogen-bond donors (Lipinski definition) is 2. The molecular weight excluding hydrogens is 432 g/mol. The van der Waals surface area contributed by atoms with E-state index < -0.39 is 12.1 Å². The van der Waals surface area contributed by atoms with Gasteiger partial charge in [-0.2, -0.15) is 0 Å². The van der Waals surface area contributed by atoms with Gasteiger partial charge in [0.15, 0.2) is 17.3 Å². The lowest BCUT2D eigenvalue weighted by Gasteiger charge is -2.34. The molecule has 3 aromatic carbocycles. The van der Waals surface area contributed by atoms with Crippen molar-refractivity contribution in [2.24, 2.45) is 0 Å². The summed E-state index contributed by atoms with van der Waals surface area (Å²) in [4.78, 5) is 26.9. The van der Waals surface area contributed by atoms with Crippen LogP contribution in [0.15, 0.2) is 66.4 Å². The Morgan fingerprint density at radius 1 is 1.12 bits per heavy atom. The first-order valence-electron chi connectivity index (χ1n) is 11.2. The highest BCUT2D eigenvalue weighted by Crippen LogP contribution is 2.41. The summed E-state index contributed by atoms with van der Waals surface area (Å²) in [5, 5.41) is 15.6. The molecule has 3 aromatic rings. The summed E-state index contributed by atoms with van der Waals surface area (Å²) in [6.45, 7) is 3.78. The number of carboxylic acid groups (broad SMARTS) is 1. The van der Waals surface area contributed by atoms with Gasteiger partial charge in [-0.05, 0) is 35.7 Å². The van der Waals surface area contributed by atoms with E-state index in [-0.39, 0.29) is 23.1 Å². The van der Waals surface area contributed by atoms with Gasteiger partial charge in [-0.15, -0.1) is 0 Å². The first kappa shape index (κ1) is 23.2. The van der Waals surface area contributed by atoms with Crippen molar-refractivity contribution >= 4 is 28.3 Å². The van der Waals surface area contributed by atoms with Crippen molar-refractivity contribution in [3.63, 3.8) is 0 Å². The topological polar surface area (TPSA) is 88.1 Å². The average Bonchev–Trinajstić information content (AvgIpc) is 2.85. The number of ether oxygens (including phenoxy) is 2. The highest BCUT2D eigenvalue weighted by atomic mass is 16.5. The molecular formula is C27H28N2O5. The zero-order chi connectivity index (χ0) is 24.4. The van der Waals surface area contributed by atoms with Crippen LogP contribution < -0.4 is 19.7 Å². The summed E-state index contributed by atoms with van der Waals surface area (Å²) in [6.07, 6.45) is 1.30. The molecule has 2 atom stereocenters. The molecule has 0 spiro atoms. The minimum absolute atomic E-state index is 0.0521. The molecule has 2 N–H and O–H groups in total. The summed E-state index contributed by atoms with van der Waals surface area (Å²) in [6, 6.07) is 16.7. The average molecular weight is 461 g/mol. The summed E-state index contributed by atoms with van der Waals surface area (Å²) in [7, 11) is 2.94. The molecule has 1 heterocycles. The van der Waals surface area contributed by atoms with Gasteiger partial charge < -0.3 is 19.9 Å². The SMILES string of the molecule is CCC(NC=C1C(=O)c2cc(OC)c(OC)cc2N(C(=O)O)C1C)c1cccc2ccccc12. The third-order valence-electron chi connectivity index (χ3n) is 6.36. The molecule has 0 aromatic heterocycles. The van der Waals surface area contributed by atoms with Crippen molar-refractivity contribution in [2.45, 2.75) is 32.4 Å². The maximum atomic E-state index is 13.5. The van der Waals surface area contributed by atoms with Crippen molar-refractivity contribution in [1.29, 1.82) is 0 Å². The Hall–Kier alpha value is -4.00. The number of Topliss-reactive ketones (excluding diaryl/α,β-unsaturated/α-hetero) is 1. The van der Waals surface area contributed by atoms with E-state index in [4.69, 9.17) is 9.47 Å². The van der Waals surface area contributed by atoms with E-state index in [0.29, 0.717) is 17.1 Å². The highest BCUT2D eigenvalue weighted by Gasteiger charge is 2.38. The zero-order valence-electron chi connectivity index (χ0n) is 19.7. The summed E-state index contributed by atoms with van der Waals surface area (Å²) < 4.78 is 10.7. The smallest absolute Gasteiger partial charge is 0.412 e. The number of benzene rings is 3. The molecule has 2 unspecified atom stereocenters. The Morgan fingerprint density at radius 2 is 1.79 bits per heavy atom. The Labute approximate surface area is 198 Å². The van der Waals surface area contributed by atoms with Crippen LogP contribution in [0.25, 0.3) is 10.8 Å². The van der Waals surface area contributed by atoms with Gasteiger partial charge in [0, 0.05) is 17.8 Å². The van der Waals surface area contributed by atoms with E-state index in [1.54, 1.807) is 13.1 Å². The summed E-state index contributed by atoms with van der Waals surface area (Å²) >= 11 is 0. The number of nitrogens with one attached hydrogen (secondary N) is 1. The molecule has 1 aliphatic heterocycles. The molecule has 0 aliphatic carbocycles. The molecule has 1 aliphatic rings. The number of anilines is 1. The Morgan fingerprint density at radius 3 is 2.47 bits per heavy atom. The van der Waals surface area contributed by atoms with Crippen LogP contribution in [0.4, 0.5) is 10.5 Å². The zero-order valence-corrected chi connectivity index (χ0v) is 19.7. The lowest BCUT2D eigenvalue weighted by atomic mass is 9.90. The number of carbonyl (C=O) groups is 2. The van der Waals surface area contributed by atoms with Gasteiger partial charge in [0.1, 0.15) is 0 Å². The van der Waals surface area contributed by atoms with Crippen molar-refractivity contribution in [3.05, 3.63) is 77.5 Å². The maximum absolute atomic E-state index is 13.5. The number of hydrogen-bond acceptors (Lipinski definition) is 5. The number of methoxy groups -OCH3 is 2. The Bertz CT molecular complexity index is 1280. The molecule has 0 saturated carbocycles. The summed E-state index contributed by atoms with van der Waals surface area (Å²) in [5.41, 5.74) is 2.02. The number of nitrogens with zero attached hydrogens (tertiary/aromatic N) is 1. The van der Waals surface area contributed by atoms with E-state index in [9.17, 15) is 14.7 Å². The molecule has 7 nitrogen and oxygen atoms in total. The number of ketones is 1. The minimum Gasteiger partial charge on any atom is -0.493 e. The van der Waals surface area contributed by atoms with Crippen LogP contribution in [0.2, 0.25) is 0 Å². The van der Waals surface area contributed by atoms with Crippen LogP contribution in [0.1, 0.15) is 42.2 Å². The quantitative estimate of drug-likeness (QED) is 0.469. The molecule has 0 fully saturated rings. The standard InChI is InChI=1S/C27H28N2O5/c1-5-22(19-12-8-10-17-9-6-7-11-18(17)19)28-15-21-16(2)29(27(31)32)23-14-25(34-4)24(33-3)13-20(23)26(21)30/h6-16,22,28H,5H2,1-4H3,(H,31,32). The van der Waals surface area contributed by atoms with Crippen LogP contribution in [0, 0.1) is 0 Å². The molecule has 0 radical (unpaired) electrons. The van der Waals surface area contributed by atoms with Crippen molar-refractivity contribution in [1.82, 2.24) is 5.32 Å². The predicted molar refractivity (Wildman–Crippen MR) is 132 cm³/mol. The lowest BCUT2D eigenvalue weighted by molar-refractivity contribution is 0.102. The largest absolute Gasteiger partial charge is 0.493 e. The number of carbonyl (C=O) groups excluding carboxylic acids is 1. The van der Waals surface area contributed by atoms with Gasteiger partial charge in [-0.1, -0.05) is 49.4 Å². The predicted octanol–water partition coefficient (Wildman–Crippen LogP) is 5.55. The van der Waals surface area contributed by atoms with Gasteiger partial charge >= 0.3 is 6.09 Å². The van der Waals surface area contributed by atoms with Gasteiger partial charge in [0.25, 0.3) is 0 Å². The fourth-order valence-corrected chi connectivity index (χ4v) is 4.57. The van der Waals surface area contributed by atoms with E-state index in [2.05, 4.69) is 36.5 Å². The van der Waals surface area contributed by atoms with E-state index in [1.165, 1.54) is 31.3 Å². The van der Waals surface area contributed by atoms with E-state index in [1.807, 2.05) is 18.2 Å². The first-order chi connectivity index (χ1) is 16.4. The van der Waals surface area contributed by atoms with Crippen LogP contribution in [-0.4, -0.2) is 37.2 Å². The number of amides is 1. The third-order valence-corrected chi connectivity index (χ3v) is 6.36. The van der Waals surface area contributed by atoms with Gasteiger partial charge in [-0.25, -0.2) is 4.79 Å². The van der Waals surface area contributed by atoms with E-state index >= 15 is 0 Å². The van der Waals surface area contributed by atoms with Crippen molar-refractivity contribution in [2.75, 3.05) is 19.1 Å². The normalized spacial score (nSPS) is 17.4. The third kappa shape index (κ3) is 3.94. The van der Waals surface area contributed by atoms with Crippen LogP contribution >= 0.6 is 0 Å². The Balaban J connectivity index is 1.76. The molecule has 4 rings (SSSR count). The van der Waals surface area contributed by atoms with Crippen LogP contribution in [-0.2, 0) is 0 Å². The fraction of sp³-hybridized carbons (Fsp3) is 0.259. The van der Waals surface area contributed by atoms with Crippen LogP contribution in [0.3, 0.4) is 0 Å². The van der Waals surface area contributed by atoms with E-state index in [0.717, 1.165) is 22.8 Å². The monoisotopic (exact) mass is 460 g/mol. The Kier molecular flexibility index (Phi) is 6.45. The summed E-state index contributed by atoms with van der Waals surface area (Å²) in [5.74, 6) is 0.477. The molecule has 1 amide bonds. The van der Waals surface area contributed by atoms with Crippen LogP contribution in [0.5, 0.6) is 11.5 Å². The molecule has 34 heavy (non-hydrogen) atoms. The first-order valence-corrected chi connectivity index (χ1v) is 11.2. The van der Waals surface area contributed by atoms with Gasteiger partial charge in [0.2, 0.25) is 0 Å². The number of fused-ring (bicyclic) bond motifs is 2. The lowest BCUT2D eigenvalue weighted by Crippen LogP contribution is -2.45. The molecule has 7 heteroatoms. The van der Waals surface area contributed by atoms with Crippen molar-refractivity contribution in [3.8, 4) is 11.5 Å². The second-order valence-electron chi connectivity index (χ2n) is 8.18.